The van der Waals surface area contributed by atoms with E-state index in [9.17, 15) is 27.6 Å². The first-order chi connectivity index (χ1) is 10.7. The second kappa shape index (κ2) is 6.76. The predicted molar refractivity (Wildman–Crippen MR) is 72.3 cm³/mol. The smallest absolute Gasteiger partial charge is 0.391 e. The van der Waals surface area contributed by atoms with Crippen LogP contribution in [0.3, 0.4) is 0 Å². The minimum Gasteiger partial charge on any atom is -0.480 e. The van der Waals surface area contributed by atoms with Crippen LogP contribution < -0.4 is 5.32 Å². The molecule has 130 valence electrons. The molecule has 2 fully saturated rings. The second-order valence-electron chi connectivity index (χ2n) is 6.10. The van der Waals surface area contributed by atoms with Gasteiger partial charge in [-0.1, -0.05) is 12.8 Å². The number of amides is 2. The largest absolute Gasteiger partial charge is 0.480 e. The zero-order chi connectivity index (χ0) is 17.2. The van der Waals surface area contributed by atoms with Gasteiger partial charge in [0.25, 0.3) is 0 Å². The maximum atomic E-state index is 12.3. The van der Waals surface area contributed by atoms with Crippen molar-refractivity contribution in [3.8, 4) is 0 Å². The third-order valence-corrected chi connectivity index (χ3v) is 4.34. The van der Waals surface area contributed by atoms with Crippen LogP contribution in [0.25, 0.3) is 0 Å². The number of carbonyl (C=O) groups is 3. The summed E-state index contributed by atoms with van der Waals surface area (Å²) in [7, 11) is 0. The predicted octanol–water partition coefficient (Wildman–Crippen LogP) is 1.30. The normalized spacial score (nSPS) is 24.0. The molecule has 1 heterocycles. The van der Waals surface area contributed by atoms with Crippen LogP contribution in [0, 0.1) is 5.92 Å². The molecule has 0 radical (unpaired) electrons. The quantitative estimate of drug-likeness (QED) is 0.792. The minimum atomic E-state index is -4.70. The van der Waals surface area contributed by atoms with Gasteiger partial charge in [0.15, 0.2) is 0 Å². The van der Waals surface area contributed by atoms with Gasteiger partial charge < -0.3 is 15.3 Å². The highest BCUT2D eigenvalue weighted by Gasteiger charge is 2.41. The van der Waals surface area contributed by atoms with Crippen LogP contribution in [0.4, 0.5) is 13.2 Å². The van der Waals surface area contributed by atoms with Gasteiger partial charge in [0, 0.05) is 19.0 Å². The second-order valence-corrected chi connectivity index (χ2v) is 6.10. The number of alkyl halides is 3. The summed E-state index contributed by atoms with van der Waals surface area (Å²) in [6.07, 6.45) is -2.66. The van der Waals surface area contributed by atoms with E-state index in [1.165, 1.54) is 0 Å². The number of carboxylic acids is 1. The molecule has 0 spiro atoms. The topological polar surface area (TPSA) is 86.7 Å². The first-order valence-electron chi connectivity index (χ1n) is 7.57. The highest BCUT2D eigenvalue weighted by molar-refractivity contribution is 5.91. The van der Waals surface area contributed by atoms with Gasteiger partial charge in [-0.05, 0) is 12.8 Å². The van der Waals surface area contributed by atoms with E-state index in [-0.39, 0.29) is 24.9 Å². The lowest BCUT2D eigenvalue weighted by atomic mass is 10.1. The van der Waals surface area contributed by atoms with Crippen molar-refractivity contribution < 1.29 is 32.7 Å². The zero-order valence-electron chi connectivity index (χ0n) is 12.4. The van der Waals surface area contributed by atoms with Crippen LogP contribution in [0.1, 0.15) is 38.5 Å². The molecule has 2 aliphatic rings. The third kappa shape index (κ3) is 4.59. The molecule has 0 bridgehead atoms. The Balaban J connectivity index is 1.94. The Morgan fingerprint density at radius 1 is 1.30 bits per heavy atom. The van der Waals surface area contributed by atoms with Crippen molar-refractivity contribution >= 4 is 17.8 Å². The van der Waals surface area contributed by atoms with E-state index in [1.54, 1.807) is 4.90 Å². The number of carboxylic acid groups (broad SMARTS) is 1. The molecule has 1 saturated heterocycles. The Labute approximate surface area is 131 Å². The summed E-state index contributed by atoms with van der Waals surface area (Å²) < 4.78 is 37.0. The molecular formula is C14H19F3N2O4. The summed E-state index contributed by atoms with van der Waals surface area (Å²) in [5.74, 6) is -3.54. The Morgan fingerprint density at radius 3 is 2.43 bits per heavy atom. The van der Waals surface area contributed by atoms with Crippen LogP contribution in [0.15, 0.2) is 0 Å². The standard InChI is InChI=1S/C14H19F3N2O4/c15-14(16,17)6-10(13(22)23)18-12(21)8-5-11(20)19(7-8)9-3-1-2-4-9/h8-10H,1-7H2,(H,18,21)(H,22,23). The van der Waals surface area contributed by atoms with Gasteiger partial charge in [0.1, 0.15) is 6.04 Å². The fourth-order valence-electron chi connectivity index (χ4n) is 3.20. The van der Waals surface area contributed by atoms with E-state index in [0.717, 1.165) is 25.7 Å². The van der Waals surface area contributed by atoms with Gasteiger partial charge in [-0.3, -0.25) is 9.59 Å². The van der Waals surface area contributed by atoms with E-state index in [2.05, 4.69) is 0 Å². The lowest BCUT2D eigenvalue weighted by Crippen LogP contribution is -2.46. The summed E-state index contributed by atoms with van der Waals surface area (Å²) in [6.45, 7) is 0.147. The van der Waals surface area contributed by atoms with Gasteiger partial charge in [0.05, 0.1) is 12.3 Å². The van der Waals surface area contributed by atoms with Crippen LogP contribution >= 0.6 is 0 Å². The average Bonchev–Trinajstić information content (AvgIpc) is 3.04. The number of hydrogen-bond acceptors (Lipinski definition) is 3. The molecule has 2 N–H and O–H groups in total. The minimum absolute atomic E-state index is 0.0826. The Morgan fingerprint density at radius 2 is 1.91 bits per heavy atom. The molecule has 2 rings (SSSR count). The van der Waals surface area contributed by atoms with Crippen LogP contribution in [0.5, 0.6) is 0 Å². The molecule has 23 heavy (non-hydrogen) atoms. The van der Waals surface area contributed by atoms with Gasteiger partial charge in [-0.2, -0.15) is 13.2 Å². The van der Waals surface area contributed by atoms with E-state index in [1.807, 2.05) is 5.32 Å². The number of hydrogen-bond donors (Lipinski definition) is 2. The number of rotatable bonds is 5. The molecule has 1 aliphatic heterocycles. The molecule has 1 aliphatic carbocycles. The first-order valence-corrected chi connectivity index (χ1v) is 7.57. The zero-order valence-corrected chi connectivity index (χ0v) is 12.4. The fourth-order valence-corrected chi connectivity index (χ4v) is 3.20. The van der Waals surface area contributed by atoms with Crippen molar-refractivity contribution in [2.45, 2.75) is 56.8 Å². The summed E-state index contributed by atoms with van der Waals surface area (Å²) in [5, 5.41) is 10.7. The lowest BCUT2D eigenvalue weighted by Gasteiger charge is -2.24. The molecule has 2 unspecified atom stereocenters. The van der Waals surface area contributed by atoms with Gasteiger partial charge in [-0.15, -0.1) is 0 Å². The van der Waals surface area contributed by atoms with Crippen LogP contribution in [-0.2, 0) is 14.4 Å². The molecule has 0 aromatic rings. The molecule has 2 amide bonds. The summed E-state index contributed by atoms with van der Waals surface area (Å²) in [5.41, 5.74) is 0. The molecule has 6 nitrogen and oxygen atoms in total. The van der Waals surface area contributed by atoms with Gasteiger partial charge in [-0.25, -0.2) is 4.79 Å². The third-order valence-electron chi connectivity index (χ3n) is 4.34. The van der Waals surface area contributed by atoms with E-state index in [4.69, 9.17) is 5.11 Å². The molecule has 2 atom stereocenters. The molecular weight excluding hydrogens is 317 g/mol. The van der Waals surface area contributed by atoms with E-state index < -0.39 is 36.4 Å². The molecule has 1 saturated carbocycles. The Bertz CT molecular complexity index is 489. The molecule has 9 heteroatoms. The summed E-state index contributed by atoms with van der Waals surface area (Å²) >= 11 is 0. The van der Waals surface area contributed by atoms with Crippen molar-refractivity contribution in [3.05, 3.63) is 0 Å². The number of nitrogens with zero attached hydrogens (tertiary/aromatic N) is 1. The van der Waals surface area contributed by atoms with Crippen molar-refractivity contribution in [1.82, 2.24) is 10.2 Å². The lowest BCUT2D eigenvalue weighted by molar-refractivity contribution is -0.160. The first kappa shape index (κ1) is 17.6. The fraction of sp³-hybridized carbons (Fsp3) is 0.786. The van der Waals surface area contributed by atoms with Crippen LogP contribution in [0.2, 0.25) is 0 Å². The number of carbonyl (C=O) groups excluding carboxylic acids is 2. The van der Waals surface area contributed by atoms with Crippen molar-refractivity contribution in [2.24, 2.45) is 5.92 Å². The molecule has 0 aromatic heterocycles. The van der Waals surface area contributed by atoms with Gasteiger partial charge >= 0.3 is 12.1 Å². The maximum Gasteiger partial charge on any atom is 0.391 e. The van der Waals surface area contributed by atoms with Crippen molar-refractivity contribution in [2.75, 3.05) is 6.54 Å². The Hall–Kier alpha value is -1.80. The van der Waals surface area contributed by atoms with E-state index >= 15 is 0 Å². The number of halogens is 3. The maximum absolute atomic E-state index is 12.3. The number of likely N-dealkylation sites (tertiary alicyclic amines) is 1. The Kier molecular flexibility index (Phi) is 5.16. The number of aliphatic carboxylic acids is 1. The number of nitrogens with one attached hydrogen (secondary N) is 1. The SMILES string of the molecule is O=C(NC(CC(F)(F)F)C(=O)O)C1CC(=O)N(C2CCCC2)C1. The van der Waals surface area contributed by atoms with Crippen LogP contribution in [-0.4, -0.2) is 52.6 Å². The summed E-state index contributed by atoms with van der Waals surface area (Å²) in [6, 6.07) is -1.94. The average molecular weight is 336 g/mol. The highest BCUT2D eigenvalue weighted by Crippen LogP contribution is 2.30. The molecule has 0 aromatic carbocycles. The monoisotopic (exact) mass is 336 g/mol. The van der Waals surface area contributed by atoms with Crippen molar-refractivity contribution in [3.63, 3.8) is 0 Å². The summed E-state index contributed by atoms with van der Waals surface area (Å²) in [4.78, 5) is 36.5. The van der Waals surface area contributed by atoms with Crippen molar-refractivity contribution in [1.29, 1.82) is 0 Å². The highest BCUT2D eigenvalue weighted by atomic mass is 19.4. The van der Waals surface area contributed by atoms with Gasteiger partial charge in [0.2, 0.25) is 11.8 Å². The van der Waals surface area contributed by atoms with E-state index in [0.29, 0.717) is 0 Å².